The molecule has 4 heteroatoms. The van der Waals surface area contributed by atoms with Gasteiger partial charge in [-0.3, -0.25) is 0 Å². The molecule has 0 saturated carbocycles. The number of hydrogen-bond donors (Lipinski definition) is 1. The lowest BCUT2D eigenvalue weighted by Crippen LogP contribution is -2.28. The predicted molar refractivity (Wildman–Crippen MR) is 90.8 cm³/mol. The van der Waals surface area contributed by atoms with Crippen LogP contribution in [-0.4, -0.2) is 13.7 Å². The third-order valence-electron chi connectivity index (χ3n) is 3.50. The molecule has 114 valence electrons. The molecule has 1 aromatic rings. The summed E-state index contributed by atoms with van der Waals surface area (Å²) in [6, 6.07) is 4.16. The standard InChI is InChI=1S/C16H25BrClNO/c1-5-7-11(3)15(19-8-6-2)13-9-12(18)10-14(17)16(13)20-4/h9-11,15,19H,5-8H2,1-4H3. The van der Waals surface area contributed by atoms with Crippen molar-refractivity contribution in [3.63, 3.8) is 0 Å². The van der Waals surface area contributed by atoms with Gasteiger partial charge < -0.3 is 10.1 Å². The maximum atomic E-state index is 6.23. The summed E-state index contributed by atoms with van der Waals surface area (Å²) in [5.41, 5.74) is 1.14. The molecule has 0 heterocycles. The Kier molecular flexibility index (Phi) is 7.93. The van der Waals surface area contributed by atoms with Crippen LogP contribution in [0, 0.1) is 5.92 Å². The molecular formula is C16H25BrClNO. The molecule has 1 N–H and O–H groups in total. The fraction of sp³-hybridized carbons (Fsp3) is 0.625. The van der Waals surface area contributed by atoms with Crippen LogP contribution in [0.15, 0.2) is 16.6 Å². The minimum absolute atomic E-state index is 0.264. The number of ether oxygens (including phenoxy) is 1. The van der Waals surface area contributed by atoms with Crippen LogP contribution in [0.5, 0.6) is 5.75 Å². The molecule has 1 aromatic carbocycles. The molecule has 20 heavy (non-hydrogen) atoms. The number of hydrogen-bond acceptors (Lipinski definition) is 2. The minimum Gasteiger partial charge on any atom is -0.495 e. The number of methoxy groups -OCH3 is 1. The average molecular weight is 363 g/mol. The first-order chi connectivity index (χ1) is 9.54. The summed E-state index contributed by atoms with van der Waals surface area (Å²) in [5, 5.41) is 4.38. The van der Waals surface area contributed by atoms with Gasteiger partial charge in [0, 0.05) is 16.6 Å². The van der Waals surface area contributed by atoms with Gasteiger partial charge in [0.1, 0.15) is 5.75 Å². The van der Waals surface area contributed by atoms with E-state index in [1.165, 1.54) is 12.8 Å². The van der Waals surface area contributed by atoms with E-state index in [2.05, 4.69) is 42.0 Å². The molecule has 0 radical (unpaired) electrons. The van der Waals surface area contributed by atoms with Gasteiger partial charge in [-0.2, -0.15) is 0 Å². The zero-order valence-electron chi connectivity index (χ0n) is 12.8. The topological polar surface area (TPSA) is 21.3 Å². The van der Waals surface area contributed by atoms with Gasteiger partial charge >= 0.3 is 0 Å². The van der Waals surface area contributed by atoms with Crippen molar-refractivity contribution >= 4 is 27.5 Å². The third kappa shape index (κ3) is 4.64. The lowest BCUT2D eigenvalue weighted by molar-refractivity contribution is 0.341. The second-order valence-electron chi connectivity index (χ2n) is 5.21. The Morgan fingerprint density at radius 2 is 2.00 bits per heavy atom. The summed E-state index contributed by atoms with van der Waals surface area (Å²) in [6.07, 6.45) is 3.46. The number of rotatable bonds is 8. The zero-order chi connectivity index (χ0) is 15.1. The van der Waals surface area contributed by atoms with Crippen molar-refractivity contribution in [2.24, 2.45) is 5.92 Å². The normalized spacial score (nSPS) is 14.1. The van der Waals surface area contributed by atoms with Crippen LogP contribution in [0.4, 0.5) is 0 Å². The van der Waals surface area contributed by atoms with Crippen molar-refractivity contribution in [1.82, 2.24) is 5.32 Å². The first-order valence-electron chi connectivity index (χ1n) is 7.31. The number of halogens is 2. The molecule has 2 atom stereocenters. The lowest BCUT2D eigenvalue weighted by atomic mass is 9.90. The fourth-order valence-electron chi connectivity index (χ4n) is 2.57. The van der Waals surface area contributed by atoms with E-state index in [0.29, 0.717) is 5.92 Å². The quantitative estimate of drug-likeness (QED) is 0.651. The molecule has 0 aliphatic heterocycles. The monoisotopic (exact) mass is 361 g/mol. The van der Waals surface area contributed by atoms with Crippen LogP contribution in [0.2, 0.25) is 5.02 Å². The second kappa shape index (κ2) is 8.91. The highest BCUT2D eigenvalue weighted by Gasteiger charge is 2.23. The lowest BCUT2D eigenvalue weighted by Gasteiger charge is -2.27. The van der Waals surface area contributed by atoms with Crippen molar-refractivity contribution in [2.75, 3.05) is 13.7 Å². The molecule has 1 rings (SSSR count). The van der Waals surface area contributed by atoms with E-state index in [9.17, 15) is 0 Å². The average Bonchev–Trinajstić information content (AvgIpc) is 2.39. The maximum absolute atomic E-state index is 6.23. The molecule has 0 amide bonds. The minimum atomic E-state index is 0.264. The number of benzene rings is 1. The molecule has 0 aliphatic carbocycles. The molecular weight excluding hydrogens is 338 g/mol. The van der Waals surface area contributed by atoms with E-state index in [-0.39, 0.29) is 6.04 Å². The summed E-state index contributed by atoms with van der Waals surface area (Å²) in [5.74, 6) is 1.41. The Balaban J connectivity index is 3.17. The van der Waals surface area contributed by atoms with E-state index >= 15 is 0 Å². The Bertz CT molecular complexity index is 425. The summed E-state index contributed by atoms with van der Waals surface area (Å²) in [4.78, 5) is 0. The maximum Gasteiger partial charge on any atom is 0.137 e. The molecule has 2 unspecified atom stereocenters. The van der Waals surface area contributed by atoms with Gasteiger partial charge in [-0.15, -0.1) is 0 Å². The summed E-state index contributed by atoms with van der Waals surface area (Å²) in [7, 11) is 1.71. The molecule has 0 saturated heterocycles. The van der Waals surface area contributed by atoms with Crippen molar-refractivity contribution in [2.45, 2.75) is 46.1 Å². The molecule has 0 fully saturated rings. The molecule has 0 aliphatic rings. The van der Waals surface area contributed by atoms with Gasteiger partial charge in [-0.1, -0.05) is 38.8 Å². The van der Waals surface area contributed by atoms with Crippen molar-refractivity contribution in [3.8, 4) is 5.75 Å². The van der Waals surface area contributed by atoms with Crippen LogP contribution in [-0.2, 0) is 0 Å². The van der Waals surface area contributed by atoms with Gasteiger partial charge in [0.05, 0.1) is 11.6 Å². The van der Waals surface area contributed by atoms with E-state index in [4.69, 9.17) is 16.3 Å². The summed E-state index contributed by atoms with van der Waals surface area (Å²) in [6.45, 7) is 7.68. The van der Waals surface area contributed by atoms with Crippen LogP contribution in [0.1, 0.15) is 51.6 Å². The van der Waals surface area contributed by atoms with Gasteiger partial charge in [-0.25, -0.2) is 0 Å². The zero-order valence-corrected chi connectivity index (χ0v) is 15.1. The van der Waals surface area contributed by atoms with E-state index in [1.807, 2.05) is 12.1 Å². The van der Waals surface area contributed by atoms with Crippen LogP contribution in [0.3, 0.4) is 0 Å². The molecule has 0 bridgehead atoms. The van der Waals surface area contributed by atoms with Gasteiger partial charge in [-0.05, 0) is 53.4 Å². The van der Waals surface area contributed by atoms with Crippen molar-refractivity contribution in [1.29, 1.82) is 0 Å². The van der Waals surface area contributed by atoms with Crippen LogP contribution < -0.4 is 10.1 Å². The van der Waals surface area contributed by atoms with E-state index in [1.54, 1.807) is 7.11 Å². The predicted octanol–water partition coefficient (Wildman–Crippen LogP) is 5.59. The van der Waals surface area contributed by atoms with Crippen LogP contribution in [0.25, 0.3) is 0 Å². The van der Waals surface area contributed by atoms with Gasteiger partial charge in [0.25, 0.3) is 0 Å². The van der Waals surface area contributed by atoms with Crippen LogP contribution >= 0.6 is 27.5 Å². The van der Waals surface area contributed by atoms with Gasteiger partial charge in [0.15, 0.2) is 0 Å². The summed E-state index contributed by atoms with van der Waals surface area (Å²) >= 11 is 9.77. The number of nitrogens with one attached hydrogen (secondary N) is 1. The highest BCUT2D eigenvalue weighted by atomic mass is 79.9. The van der Waals surface area contributed by atoms with E-state index in [0.717, 1.165) is 33.8 Å². The molecule has 0 aromatic heterocycles. The Hall–Kier alpha value is -0.250. The Morgan fingerprint density at radius 1 is 1.30 bits per heavy atom. The summed E-state index contributed by atoms with van der Waals surface area (Å²) < 4.78 is 6.49. The highest BCUT2D eigenvalue weighted by Crippen LogP contribution is 2.39. The Morgan fingerprint density at radius 3 is 2.55 bits per heavy atom. The first kappa shape index (κ1) is 17.8. The molecule has 2 nitrogen and oxygen atoms in total. The van der Waals surface area contributed by atoms with Crippen molar-refractivity contribution in [3.05, 3.63) is 27.2 Å². The Labute approximate surface area is 136 Å². The SMILES string of the molecule is CCCNC(c1cc(Cl)cc(Br)c1OC)C(C)CCC. The highest BCUT2D eigenvalue weighted by molar-refractivity contribution is 9.10. The fourth-order valence-corrected chi connectivity index (χ4v) is 3.56. The largest absolute Gasteiger partial charge is 0.495 e. The van der Waals surface area contributed by atoms with Gasteiger partial charge in [0.2, 0.25) is 0 Å². The smallest absolute Gasteiger partial charge is 0.137 e. The van der Waals surface area contributed by atoms with Crippen molar-refractivity contribution < 1.29 is 4.74 Å². The third-order valence-corrected chi connectivity index (χ3v) is 4.31. The first-order valence-corrected chi connectivity index (χ1v) is 8.48. The van der Waals surface area contributed by atoms with E-state index < -0.39 is 0 Å². The molecule has 0 spiro atoms. The second-order valence-corrected chi connectivity index (χ2v) is 6.50.